The topological polar surface area (TPSA) is 88.8 Å². The third-order valence-corrected chi connectivity index (χ3v) is 4.18. The molecule has 2 rings (SSSR count). The lowest BCUT2D eigenvalue weighted by molar-refractivity contribution is -0.153. The summed E-state index contributed by atoms with van der Waals surface area (Å²) < 4.78 is 30.4. The van der Waals surface area contributed by atoms with E-state index in [4.69, 9.17) is 31.1 Å². The number of hydrogen-bond donors (Lipinski definition) is 1. The van der Waals surface area contributed by atoms with Gasteiger partial charge in [-0.2, -0.15) is 5.26 Å². The van der Waals surface area contributed by atoms with Crippen molar-refractivity contribution in [3.63, 3.8) is 0 Å². The maximum absolute atomic E-state index is 14.2. The standard InChI is InChI=1S/C22H23ClFNO5/c1-14(2)30-21(22(26)27)9-15-4-3-5-19(8-15)28-12-18(24)13-29-20-7-6-17(23)10-16(20)11-25/h3-8,10,14,18,21H,9,12-13H2,1-2H3,(H,26,27). The summed E-state index contributed by atoms with van der Waals surface area (Å²) in [5, 5.41) is 18.8. The maximum atomic E-state index is 14.2. The van der Waals surface area contributed by atoms with Crippen LogP contribution in [0.2, 0.25) is 5.02 Å². The van der Waals surface area contributed by atoms with E-state index in [1.165, 1.54) is 12.1 Å². The molecule has 0 saturated carbocycles. The van der Waals surface area contributed by atoms with Crippen molar-refractivity contribution in [3.05, 3.63) is 58.6 Å². The van der Waals surface area contributed by atoms with Gasteiger partial charge in [0, 0.05) is 11.4 Å². The summed E-state index contributed by atoms with van der Waals surface area (Å²) in [6.07, 6.45) is -2.47. The van der Waals surface area contributed by atoms with Crippen molar-refractivity contribution in [1.82, 2.24) is 0 Å². The van der Waals surface area contributed by atoms with Crippen LogP contribution in [0.5, 0.6) is 11.5 Å². The van der Waals surface area contributed by atoms with Gasteiger partial charge in [0.15, 0.2) is 12.3 Å². The summed E-state index contributed by atoms with van der Waals surface area (Å²) in [5.41, 5.74) is 0.923. The van der Waals surface area contributed by atoms with Crippen LogP contribution in [0.1, 0.15) is 25.0 Å². The molecule has 0 bridgehead atoms. The average molecular weight is 436 g/mol. The molecule has 0 aliphatic carbocycles. The van der Waals surface area contributed by atoms with E-state index in [1.54, 1.807) is 44.2 Å². The van der Waals surface area contributed by atoms with Crippen molar-refractivity contribution < 1.29 is 28.5 Å². The molecule has 2 atom stereocenters. The van der Waals surface area contributed by atoms with Crippen molar-refractivity contribution in [2.75, 3.05) is 13.2 Å². The van der Waals surface area contributed by atoms with Crippen LogP contribution in [0.15, 0.2) is 42.5 Å². The molecule has 1 N–H and O–H groups in total. The Morgan fingerprint density at radius 2 is 1.93 bits per heavy atom. The first-order chi connectivity index (χ1) is 14.3. The fourth-order valence-corrected chi connectivity index (χ4v) is 2.80. The Morgan fingerprint density at radius 3 is 2.60 bits per heavy atom. The van der Waals surface area contributed by atoms with E-state index in [-0.39, 0.29) is 37.1 Å². The zero-order chi connectivity index (χ0) is 22.1. The van der Waals surface area contributed by atoms with Gasteiger partial charge in [-0.3, -0.25) is 0 Å². The molecule has 8 heteroatoms. The Kier molecular flexibility index (Phi) is 8.90. The van der Waals surface area contributed by atoms with Gasteiger partial charge in [-0.15, -0.1) is 0 Å². The van der Waals surface area contributed by atoms with E-state index in [9.17, 15) is 14.3 Å². The molecule has 0 saturated heterocycles. The van der Waals surface area contributed by atoms with E-state index in [1.807, 2.05) is 6.07 Å². The van der Waals surface area contributed by atoms with E-state index >= 15 is 0 Å². The minimum atomic E-state index is -1.44. The molecule has 0 amide bonds. The number of rotatable bonds is 11. The molecule has 0 radical (unpaired) electrons. The smallest absolute Gasteiger partial charge is 0.333 e. The number of benzene rings is 2. The lowest BCUT2D eigenvalue weighted by atomic mass is 10.1. The van der Waals surface area contributed by atoms with Gasteiger partial charge in [-0.1, -0.05) is 23.7 Å². The highest BCUT2D eigenvalue weighted by Gasteiger charge is 2.20. The van der Waals surface area contributed by atoms with Crippen LogP contribution in [0.4, 0.5) is 4.39 Å². The molecule has 2 aromatic carbocycles. The van der Waals surface area contributed by atoms with Crippen molar-refractivity contribution in [1.29, 1.82) is 5.26 Å². The van der Waals surface area contributed by atoms with Crippen LogP contribution in [-0.4, -0.2) is 42.7 Å². The minimum absolute atomic E-state index is 0.167. The van der Waals surface area contributed by atoms with Gasteiger partial charge in [0.25, 0.3) is 0 Å². The SMILES string of the molecule is CC(C)OC(Cc1cccc(OCC(F)COc2ccc(Cl)cc2C#N)c1)C(=O)O. The van der Waals surface area contributed by atoms with E-state index in [2.05, 4.69) is 0 Å². The highest BCUT2D eigenvalue weighted by molar-refractivity contribution is 6.30. The number of carbonyl (C=O) groups is 1. The molecular formula is C22H23ClFNO5. The number of aliphatic carboxylic acids is 1. The number of nitrogens with zero attached hydrogens (tertiary/aromatic N) is 1. The minimum Gasteiger partial charge on any atom is -0.490 e. The van der Waals surface area contributed by atoms with Crippen LogP contribution in [-0.2, 0) is 16.0 Å². The summed E-state index contributed by atoms with van der Waals surface area (Å²) >= 11 is 5.82. The van der Waals surface area contributed by atoms with Crippen molar-refractivity contribution in [2.24, 2.45) is 0 Å². The van der Waals surface area contributed by atoms with Gasteiger partial charge in [0.2, 0.25) is 0 Å². The van der Waals surface area contributed by atoms with E-state index < -0.39 is 18.2 Å². The van der Waals surface area contributed by atoms with Gasteiger partial charge < -0.3 is 19.3 Å². The summed E-state index contributed by atoms with van der Waals surface area (Å²) in [6.45, 7) is 2.98. The Labute approximate surface area is 179 Å². The maximum Gasteiger partial charge on any atom is 0.333 e. The molecule has 0 fully saturated rings. The summed E-state index contributed by atoms with van der Waals surface area (Å²) in [5.74, 6) is -0.389. The van der Waals surface area contributed by atoms with Crippen molar-refractivity contribution in [2.45, 2.75) is 38.6 Å². The van der Waals surface area contributed by atoms with Gasteiger partial charge in [-0.25, -0.2) is 9.18 Å². The molecule has 0 aliphatic heterocycles. The highest BCUT2D eigenvalue weighted by Crippen LogP contribution is 2.22. The quantitative estimate of drug-likeness (QED) is 0.561. The Bertz CT molecular complexity index is 899. The Morgan fingerprint density at radius 1 is 1.20 bits per heavy atom. The number of carboxylic acid groups (broad SMARTS) is 1. The zero-order valence-corrected chi connectivity index (χ0v) is 17.4. The Balaban J connectivity index is 1.89. The first kappa shape index (κ1) is 23.5. The van der Waals surface area contributed by atoms with Gasteiger partial charge in [0.05, 0.1) is 11.7 Å². The number of halogens is 2. The fraction of sp³-hybridized carbons (Fsp3) is 0.364. The number of nitriles is 1. The monoisotopic (exact) mass is 435 g/mol. The number of hydrogen-bond acceptors (Lipinski definition) is 5. The lowest BCUT2D eigenvalue weighted by Crippen LogP contribution is -2.29. The van der Waals surface area contributed by atoms with Crippen LogP contribution >= 0.6 is 11.6 Å². The second kappa shape index (κ2) is 11.4. The third kappa shape index (κ3) is 7.54. The molecular weight excluding hydrogens is 413 g/mol. The number of carboxylic acids is 1. The van der Waals surface area contributed by atoms with E-state index in [0.717, 1.165) is 0 Å². The van der Waals surface area contributed by atoms with Crippen molar-refractivity contribution >= 4 is 17.6 Å². The first-order valence-electron chi connectivity index (χ1n) is 9.35. The fourth-order valence-electron chi connectivity index (χ4n) is 2.63. The first-order valence-corrected chi connectivity index (χ1v) is 9.72. The summed E-state index contributed by atoms with van der Waals surface area (Å²) in [4.78, 5) is 11.3. The van der Waals surface area contributed by atoms with Crippen molar-refractivity contribution in [3.8, 4) is 17.6 Å². The molecule has 0 heterocycles. The van der Waals surface area contributed by atoms with Gasteiger partial charge >= 0.3 is 5.97 Å². The van der Waals surface area contributed by atoms with Crippen LogP contribution in [0, 0.1) is 11.3 Å². The number of ether oxygens (including phenoxy) is 3. The molecule has 2 aromatic rings. The summed E-state index contributed by atoms with van der Waals surface area (Å²) in [6, 6.07) is 13.2. The molecule has 0 aromatic heterocycles. The predicted octanol–water partition coefficient (Wildman–Crippen LogP) is 4.43. The second-order valence-corrected chi connectivity index (χ2v) is 7.27. The second-order valence-electron chi connectivity index (χ2n) is 6.83. The van der Waals surface area contributed by atoms with Gasteiger partial charge in [0.1, 0.15) is 30.8 Å². The van der Waals surface area contributed by atoms with Crippen LogP contribution in [0.3, 0.4) is 0 Å². The normalized spacial score (nSPS) is 12.8. The van der Waals surface area contributed by atoms with Crippen LogP contribution < -0.4 is 9.47 Å². The van der Waals surface area contributed by atoms with E-state index in [0.29, 0.717) is 16.3 Å². The molecule has 0 spiro atoms. The molecule has 160 valence electrons. The van der Waals surface area contributed by atoms with Crippen LogP contribution in [0.25, 0.3) is 0 Å². The average Bonchev–Trinajstić information content (AvgIpc) is 2.70. The molecule has 30 heavy (non-hydrogen) atoms. The molecule has 0 aliphatic rings. The Hall–Kier alpha value is -2.82. The lowest BCUT2D eigenvalue weighted by Gasteiger charge is -2.17. The highest BCUT2D eigenvalue weighted by atomic mass is 35.5. The zero-order valence-electron chi connectivity index (χ0n) is 16.7. The predicted molar refractivity (Wildman–Crippen MR) is 110 cm³/mol. The number of alkyl halides is 1. The van der Waals surface area contributed by atoms with Gasteiger partial charge in [-0.05, 0) is 49.7 Å². The molecule has 6 nitrogen and oxygen atoms in total. The largest absolute Gasteiger partial charge is 0.490 e. The molecule has 2 unspecified atom stereocenters. The summed E-state index contributed by atoms with van der Waals surface area (Å²) in [7, 11) is 0. The third-order valence-electron chi connectivity index (χ3n) is 3.94.